The molecule has 0 unspecified atom stereocenters. The van der Waals surface area contributed by atoms with Crippen molar-refractivity contribution in [1.82, 2.24) is 5.32 Å². The zero-order valence-corrected chi connectivity index (χ0v) is 10.0. The number of nitrogens with zero attached hydrogens (tertiary/aromatic N) is 1. The Morgan fingerprint density at radius 2 is 2.17 bits per heavy atom. The number of halogens is 3. The van der Waals surface area contributed by atoms with Gasteiger partial charge in [-0.3, -0.25) is 4.79 Å². The van der Waals surface area contributed by atoms with Gasteiger partial charge in [-0.25, -0.2) is 8.78 Å². The maximum Gasteiger partial charge on any atom is 0.239 e. The summed E-state index contributed by atoms with van der Waals surface area (Å²) in [6, 6.07) is 3.48. The Balaban J connectivity index is 2.54. The van der Waals surface area contributed by atoms with E-state index < -0.39 is 17.5 Å². The van der Waals surface area contributed by atoms with Crippen LogP contribution in [0, 0.1) is 23.0 Å². The Labute approximate surface area is 108 Å². The topological polar surface area (TPSA) is 64.9 Å². The second-order valence-corrected chi connectivity index (χ2v) is 3.76. The fourth-order valence-corrected chi connectivity index (χ4v) is 1.46. The van der Waals surface area contributed by atoms with E-state index in [0.717, 1.165) is 6.07 Å². The number of nitrogens with one attached hydrogen (secondary N) is 2. The van der Waals surface area contributed by atoms with Crippen molar-refractivity contribution in [3.05, 3.63) is 28.8 Å². The number of hydrogen-bond acceptors (Lipinski definition) is 3. The predicted molar refractivity (Wildman–Crippen MR) is 63.1 cm³/mol. The van der Waals surface area contributed by atoms with Crippen LogP contribution in [0.15, 0.2) is 12.1 Å². The van der Waals surface area contributed by atoms with Gasteiger partial charge in [-0.2, -0.15) is 5.26 Å². The summed E-state index contributed by atoms with van der Waals surface area (Å²) in [5, 5.41) is 13.0. The van der Waals surface area contributed by atoms with E-state index in [1.807, 2.05) is 6.07 Å². The van der Waals surface area contributed by atoms with Crippen LogP contribution in [-0.2, 0) is 4.79 Å². The quantitative estimate of drug-likeness (QED) is 0.807. The summed E-state index contributed by atoms with van der Waals surface area (Å²) < 4.78 is 26.1. The van der Waals surface area contributed by atoms with Crippen molar-refractivity contribution in [2.24, 2.45) is 0 Å². The molecule has 0 saturated heterocycles. The monoisotopic (exact) mass is 273 g/mol. The van der Waals surface area contributed by atoms with Crippen molar-refractivity contribution in [2.75, 3.05) is 18.4 Å². The largest absolute Gasteiger partial charge is 0.373 e. The first-order chi connectivity index (χ1) is 8.54. The van der Waals surface area contributed by atoms with E-state index in [1.165, 1.54) is 0 Å². The summed E-state index contributed by atoms with van der Waals surface area (Å²) in [6.07, 6.45) is 0.192. The molecule has 0 aliphatic rings. The summed E-state index contributed by atoms with van der Waals surface area (Å²) in [6.45, 7) is 0.00431. The van der Waals surface area contributed by atoms with Crippen LogP contribution in [0.25, 0.3) is 0 Å². The van der Waals surface area contributed by atoms with Crippen molar-refractivity contribution < 1.29 is 13.6 Å². The Bertz CT molecular complexity index is 465. The molecule has 0 aromatic heterocycles. The van der Waals surface area contributed by atoms with Gasteiger partial charge in [0.15, 0.2) is 5.82 Å². The molecule has 0 atom stereocenters. The van der Waals surface area contributed by atoms with Crippen LogP contribution in [0.2, 0.25) is 5.02 Å². The van der Waals surface area contributed by atoms with Crippen molar-refractivity contribution >= 4 is 23.2 Å². The van der Waals surface area contributed by atoms with Gasteiger partial charge in [0.2, 0.25) is 5.91 Å². The van der Waals surface area contributed by atoms with E-state index in [1.54, 1.807) is 0 Å². The zero-order valence-electron chi connectivity index (χ0n) is 9.27. The first kappa shape index (κ1) is 14.2. The fraction of sp³-hybridized carbons (Fsp3) is 0.273. The number of benzene rings is 1. The van der Waals surface area contributed by atoms with Gasteiger partial charge in [0.1, 0.15) is 5.82 Å². The van der Waals surface area contributed by atoms with E-state index in [9.17, 15) is 13.6 Å². The molecule has 96 valence electrons. The molecule has 1 amide bonds. The molecule has 0 saturated carbocycles. The normalized spacial score (nSPS) is 9.67. The predicted octanol–water partition coefficient (Wildman–Crippen LogP) is 2.06. The fourth-order valence-electron chi connectivity index (χ4n) is 1.20. The third kappa shape index (κ3) is 4.18. The third-order valence-corrected chi connectivity index (χ3v) is 2.29. The average molecular weight is 274 g/mol. The number of anilines is 1. The Hall–Kier alpha value is -1.87. The van der Waals surface area contributed by atoms with Gasteiger partial charge < -0.3 is 10.6 Å². The molecule has 4 nitrogen and oxygen atoms in total. The molecule has 1 aromatic rings. The second kappa shape index (κ2) is 6.77. The number of carbonyl (C=O) groups excluding carboxylic acids is 1. The molecular weight excluding hydrogens is 264 g/mol. The molecule has 1 rings (SSSR count). The highest BCUT2D eigenvalue weighted by Crippen LogP contribution is 2.25. The Kier molecular flexibility index (Phi) is 5.33. The molecule has 0 aliphatic heterocycles. The van der Waals surface area contributed by atoms with Gasteiger partial charge in [-0.15, -0.1) is 0 Å². The van der Waals surface area contributed by atoms with Crippen LogP contribution in [-0.4, -0.2) is 19.0 Å². The molecule has 0 radical (unpaired) electrons. The highest BCUT2D eigenvalue weighted by atomic mass is 35.5. The van der Waals surface area contributed by atoms with Crippen LogP contribution in [0.1, 0.15) is 6.42 Å². The molecular formula is C11H10ClF2N3O. The van der Waals surface area contributed by atoms with Crippen LogP contribution >= 0.6 is 11.6 Å². The summed E-state index contributed by atoms with van der Waals surface area (Å²) in [4.78, 5) is 11.3. The molecule has 0 aliphatic carbocycles. The van der Waals surface area contributed by atoms with Crippen molar-refractivity contribution in [3.8, 4) is 6.07 Å². The van der Waals surface area contributed by atoms with Crippen LogP contribution < -0.4 is 10.6 Å². The minimum atomic E-state index is -0.871. The van der Waals surface area contributed by atoms with E-state index in [2.05, 4.69) is 10.6 Å². The van der Waals surface area contributed by atoms with E-state index in [4.69, 9.17) is 16.9 Å². The third-order valence-electron chi connectivity index (χ3n) is 1.99. The number of nitriles is 1. The maximum atomic E-state index is 13.3. The molecule has 0 fully saturated rings. The number of amides is 1. The van der Waals surface area contributed by atoms with Gasteiger partial charge in [-0.05, 0) is 6.07 Å². The first-order valence-corrected chi connectivity index (χ1v) is 5.44. The minimum absolute atomic E-state index is 0.131. The molecule has 7 heteroatoms. The van der Waals surface area contributed by atoms with Crippen molar-refractivity contribution in [1.29, 1.82) is 5.26 Å². The molecule has 0 heterocycles. The molecule has 0 bridgehead atoms. The van der Waals surface area contributed by atoms with Crippen molar-refractivity contribution in [3.63, 3.8) is 0 Å². The lowest BCUT2D eigenvalue weighted by Crippen LogP contribution is -2.30. The number of rotatable bonds is 5. The highest BCUT2D eigenvalue weighted by Gasteiger charge is 2.10. The van der Waals surface area contributed by atoms with Crippen LogP contribution in [0.3, 0.4) is 0 Å². The van der Waals surface area contributed by atoms with Gasteiger partial charge in [0.05, 0.1) is 29.7 Å². The number of carbonyl (C=O) groups is 1. The Morgan fingerprint density at radius 3 is 2.78 bits per heavy atom. The molecule has 0 spiro atoms. The minimum Gasteiger partial charge on any atom is -0.373 e. The van der Waals surface area contributed by atoms with Gasteiger partial charge in [0, 0.05) is 12.6 Å². The Morgan fingerprint density at radius 1 is 1.44 bits per heavy atom. The summed E-state index contributed by atoms with van der Waals surface area (Å²) in [7, 11) is 0. The molecule has 18 heavy (non-hydrogen) atoms. The molecule has 1 aromatic carbocycles. The summed E-state index contributed by atoms with van der Waals surface area (Å²) >= 11 is 5.63. The maximum absolute atomic E-state index is 13.3. The van der Waals surface area contributed by atoms with E-state index >= 15 is 0 Å². The standard InChI is InChI=1S/C11H10ClF2N3O/c12-8-4-7(13)5-9(14)11(8)17-6-10(18)16-3-1-2-15/h4-5,17H,1,3,6H2,(H,16,18). The zero-order chi connectivity index (χ0) is 13.5. The second-order valence-electron chi connectivity index (χ2n) is 3.36. The SMILES string of the molecule is N#CCCNC(=O)CNc1c(F)cc(F)cc1Cl. The van der Waals surface area contributed by atoms with Crippen LogP contribution in [0.4, 0.5) is 14.5 Å². The summed E-state index contributed by atoms with van der Waals surface area (Å²) in [5.41, 5.74) is -0.131. The highest BCUT2D eigenvalue weighted by molar-refractivity contribution is 6.33. The lowest BCUT2D eigenvalue weighted by Gasteiger charge is -2.09. The summed E-state index contributed by atoms with van der Waals surface area (Å²) in [5.74, 6) is -2.07. The average Bonchev–Trinajstić information content (AvgIpc) is 2.27. The van der Waals surface area contributed by atoms with Gasteiger partial charge >= 0.3 is 0 Å². The van der Waals surface area contributed by atoms with E-state index in [0.29, 0.717) is 6.07 Å². The van der Waals surface area contributed by atoms with Crippen molar-refractivity contribution in [2.45, 2.75) is 6.42 Å². The van der Waals surface area contributed by atoms with Crippen LogP contribution in [0.5, 0.6) is 0 Å². The first-order valence-electron chi connectivity index (χ1n) is 5.06. The number of hydrogen-bond donors (Lipinski definition) is 2. The van der Waals surface area contributed by atoms with E-state index in [-0.39, 0.29) is 30.2 Å². The molecule has 2 N–H and O–H groups in total. The van der Waals surface area contributed by atoms with Gasteiger partial charge in [-0.1, -0.05) is 11.6 Å². The lowest BCUT2D eigenvalue weighted by atomic mass is 10.3. The smallest absolute Gasteiger partial charge is 0.239 e. The van der Waals surface area contributed by atoms with Gasteiger partial charge in [0.25, 0.3) is 0 Å². The lowest BCUT2D eigenvalue weighted by molar-refractivity contribution is -0.119.